The molecule has 1 saturated heterocycles. The summed E-state index contributed by atoms with van der Waals surface area (Å²) in [5, 5.41) is 6.50. The number of carbonyl (C=O) groups is 1. The molecule has 9 nitrogen and oxygen atoms in total. The minimum absolute atomic E-state index is 0.00522. The molecule has 0 bridgehead atoms. The third kappa shape index (κ3) is 7.44. The Balaban J connectivity index is 1.54. The second-order valence-electron chi connectivity index (χ2n) is 9.75. The maximum Gasteiger partial charge on any atom is 0.433 e. The van der Waals surface area contributed by atoms with Crippen molar-refractivity contribution < 1.29 is 22.7 Å². The number of anilines is 3. The van der Waals surface area contributed by atoms with Crippen molar-refractivity contribution >= 4 is 35.0 Å². The fourth-order valence-electron chi connectivity index (χ4n) is 3.79. The van der Waals surface area contributed by atoms with Gasteiger partial charge in [0, 0.05) is 37.1 Å². The van der Waals surface area contributed by atoms with E-state index in [1.807, 2.05) is 20.8 Å². The number of pyridine rings is 2. The number of nitrogens with one attached hydrogen (secondary N) is 2. The first-order valence-electron chi connectivity index (χ1n) is 11.9. The summed E-state index contributed by atoms with van der Waals surface area (Å²) < 4.78 is 44.9. The molecule has 2 N–H and O–H groups in total. The summed E-state index contributed by atoms with van der Waals surface area (Å²) in [5.41, 5.74) is -1.04. The third-order valence-corrected chi connectivity index (χ3v) is 5.70. The Bertz CT molecular complexity index is 1290. The van der Waals surface area contributed by atoms with E-state index < -0.39 is 17.5 Å². The van der Waals surface area contributed by atoms with Gasteiger partial charge < -0.3 is 20.3 Å². The quantitative estimate of drug-likeness (QED) is 0.364. The second-order valence-corrected chi connectivity index (χ2v) is 10.1. The number of halogens is 4. The highest BCUT2D eigenvalue weighted by Crippen LogP contribution is 2.30. The molecule has 0 atom stereocenters. The normalized spacial score (nSPS) is 14.8. The molecule has 1 fully saturated rings. The van der Waals surface area contributed by atoms with Gasteiger partial charge in [0.15, 0.2) is 5.82 Å². The van der Waals surface area contributed by atoms with Crippen molar-refractivity contribution in [2.45, 2.75) is 51.4 Å². The minimum Gasteiger partial charge on any atom is -0.444 e. The van der Waals surface area contributed by atoms with Crippen LogP contribution in [0.25, 0.3) is 11.5 Å². The fraction of sp³-hybridized carbons (Fsp3) is 0.400. The van der Waals surface area contributed by atoms with Crippen LogP contribution in [0.15, 0.2) is 42.6 Å². The van der Waals surface area contributed by atoms with E-state index in [1.54, 1.807) is 29.2 Å². The van der Waals surface area contributed by atoms with Crippen LogP contribution in [0.5, 0.6) is 0 Å². The van der Waals surface area contributed by atoms with E-state index in [9.17, 15) is 18.0 Å². The van der Waals surface area contributed by atoms with Gasteiger partial charge in [0.05, 0.1) is 0 Å². The predicted octanol–water partition coefficient (Wildman–Crippen LogP) is 6.16. The van der Waals surface area contributed by atoms with Crippen LogP contribution in [0.4, 0.5) is 35.3 Å². The van der Waals surface area contributed by atoms with Gasteiger partial charge in [0.2, 0.25) is 0 Å². The minimum atomic E-state index is -4.58. The largest absolute Gasteiger partial charge is 0.444 e. The number of likely N-dealkylation sites (tertiary alicyclic amines) is 1. The highest BCUT2D eigenvalue weighted by Gasteiger charge is 2.32. The summed E-state index contributed by atoms with van der Waals surface area (Å²) in [6.07, 6.45) is -2.57. The van der Waals surface area contributed by atoms with E-state index in [-0.39, 0.29) is 34.6 Å². The Morgan fingerprint density at radius 1 is 1.05 bits per heavy atom. The van der Waals surface area contributed by atoms with E-state index >= 15 is 0 Å². The van der Waals surface area contributed by atoms with Crippen molar-refractivity contribution in [3.63, 3.8) is 0 Å². The lowest BCUT2D eigenvalue weighted by atomic mass is 10.1. The van der Waals surface area contributed by atoms with Crippen molar-refractivity contribution in [3.05, 3.63) is 53.4 Å². The molecule has 0 spiro atoms. The average Bonchev–Trinajstić information content (AvgIpc) is 2.83. The number of rotatable bonds is 5. The van der Waals surface area contributed by atoms with Crippen LogP contribution in [0.3, 0.4) is 0 Å². The summed E-state index contributed by atoms with van der Waals surface area (Å²) in [7, 11) is 0. The third-order valence-electron chi connectivity index (χ3n) is 5.49. The van der Waals surface area contributed by atoms with Crippen LogP contribution < -0.4 is 10.6 Å². The van der Waals surface area contributed by atoms with Gasteiger partial charge in [-0.15, -0.1) is 0 Å². The number of hydrogen-bond acceptors (Lipinski definition) is 8. The van der Waals surface area contributed by atoms with Gasteiger partial charge in [-0.3, -0.25) is 4.98 Å². The van der Waals surface area contributed by atoms with Crippen molar-refractivity contribution in [2.24, 2.45) is 0 Å². The number of carbonyl (C=O) groups excluding carboxylic acids is 1. The van der Waals surface area contributed by atoms with E-state index in [1.165, 1.54) is 6.07 Å². The molecule has 38 heavy (non-hydrogen) atoms. The Hall–Kier alpha value is -3.67. The van der Waals surface area contributed by atoms with Gasteiger partial charge in [-0.2, -0.15) is 13.2 Å². The first-order valence-corrected chi connectivity index (χ1v) is 12.3. The molecule has 0 unspecified atom stereocenters. The number of alkyl halides is 3. The molecular weight excluding hydrogens is 523 g/mol. The molecular formula is C25H27ClF3N7O2. The summed E-state index contributed by atoms with van der Waals surface area (Å²) in [5.74, 6) is 0.932. The van der Waals surface area contributed by atoms with Crippen LogP contribution in [-0.2, 0) is 10.9 Å². The van der Waals surface area contributed by atoms with Crippen molar-refractivity contribution in [1.82, 2.24) is 24.8 Å². The lowest BCUT2D eigenvalue weighted by molar-refractivity contribution is -0.141. The highest BCUT2D eigenvalue weighted by molar-refractivity contribution is 6.29. The van der Waals surface area contributed by atoms with Gasteiger partial charge in [-0.25, -0.2) is 19.7 Å². The summed E-state index contributed by atoms with van der Waals surface area (Å²) >= 11 is 6.05. The zero-order chi connectivity index (χ0) is 27.5. The highest BCUT2D eigenvalue weighted by atomic mass is 35.5. The van der Waals surface area contributed by atoms with Crippen LogP contribution in [0.1, 0.15) is 39.3 Å². The number of hydrogen-bond donors (Lipinski definition) is 2. The topological polar surface area (TPSA) is 105 Å². The molecule has 0 aromatic carbocycles. The van der Waals surface area contributed by atoms with Crippen LogP contribution in [0, 0.1) is 0 Å². The van der Waals surface area contributed by atoms with Crippen LogP contribution >= 0.6 is 11.6 Å². The molecule has 4 rings (SSSR count). The number of ether oxygens (including phenoxy) is 1. The monoisotopic (exact) mass is 549 g/mol. The number of aromatic nitrogens is 4. The van der Waals surface area contributed by atoms with Crippen LogP contribution in [-0.4, -0.2) is 55.7 Å². The molecule has 1 aliphatic rings. The number of nitrogens with zero attached hydrogens (tertiary/aromatic N) is 5. The summed E-state index contributed by atoms with van der Waals surface area (Å²) in [6, 6.07) is 8.90. The predicted molar refractivity (Wildman–Crippen MR) is 137 cm³/mol. The zero-order valence-corrected chi connectivity index (χ0v) is 21.8. The fourth-order valence-corrected chi connectivity index (χ4v) is 3.95. The zero-order valence-electron chi connectivity index (χ0n) is 21.0. The van der Waals surface area contributed by atoms with E-state index in [0.717, 1.165) is 12.3 Å². The van der Waals surface area contributed by atoms with Crippen molar-refractivity contribution in [2.75, 3.05) is 23.7 Å². The van der Waals surface area contributed by atoms with Crippen molar-refractivity contribution in [1.29, 1.82) is 0 Å². The summed E-state index contributed by atoms with van der Waals surface area (Å²) in [6.45, 7) is 6.47. The molecule has 0 saturated carbocycles. The molecule has 3 aromatic heterocycles. The van der Waals surface area contributed by atoms with Crippen molar-refractivity contribution in [3.8, 4) is 11.5 Å². The Morgan fingerprint density at radius 3 is 2.42 bits per heavy atom. The molecule has 0 aliphatic carbocycles. The van der Waals surface area contributed by atoms with E-state index in [4.69, 9.17) is 16.3 Å². The first-order chi connectivity index (χ1) is 17.9. The Morgan fingerprint density at radius 2 is 1.76 bits per heavy atom. The first kappa shape index (κ1) is 27.4. The lowest BCUT2D eigenvalue weighted by Gasteiger charge is -2.34. The van der Waals surface area contributed by atoms with Gasteiger partial charge in [0.1, 0.15) is 33.8 Å². The number of amides is 1. The molecule has 202 valence electrons. The standard InChI is InChI=1S/C25H27ClF3N7O2/c1-24(2,3)38-23(37)36-11-8-15(9-12-36)31-20-14-21(32-16-7-10-30-18(13-16)25(27,28)29)35-22(34-20)17-5-4-6-19(26)33-17/h4-7,10,13-15H,8-9,11-12H2,1-3H3,(H2,30,31,32,34,35). The van der Waals surface area contributed by atoms with Gasteiger partial charge in [-0.05, 0) is 57.9 Å². The average molecular weight is 550 g/mol. The second kappa shape index (κ2) is 11.0. The van der Waals surface area contributed by atoms with E-state index in [0.29, 0.717) is 37.4 Å². The molecule has 0 radical (unpaired) electrons. The molecule has 4 heterocycles. The maximum atomic E-state index is 13.1. The molecule has 13 heteroatoms. The number of piperidine rings is 1. The van der Waals surface area contributed by atoms with Crippen LogP contribution in [0.2, 0.25) is 5.15 Å². The van der Waals surface area contributed by atoms with Gasteiger partial charge in [0.25, 0.3) is 0 Å². The Labute approximate surface area is 222 Å². The lowest BCUT2D eigenvalue weighted by Crippen LogP contribution is -2.44. The summed E-state index contributed by atoms with van der Waals surface area (Å²) in [4.78, 5) is 30.7. The van der Waals surface area contributed by atoms with E-state index in [2.05, 4.69) is 30.6 Å². The smallest absolute Gasteiger partial charge is 0.433 e. The SMILES string of the molecule is CC(C)(C)OC(=O)N1CCC(Nc2cc(Nc3ccnc(C(F)(F)F)c3)nc(-c3cccc(Cl)n3)n2)CC1. The maximum absolute atomic E-state index is 13.1. The van der Waals surface area contributed by atoms with Gasteiger partial charge in [-0.1, -0.05) is 17.7 Å². The Kier molecular flexibility index (Phi) is 7.91. The molecule has 1 amide bonds. The molecule has 3 aromatic rings. The molecule has 1 aliphatic heterocycles. The van der Waals surface area contributed by atoms with Gasteiger partial charge >= 0.3 is 12.3 Å².